The highest BCUT2D eigenvalue weighted by atomic mass is 16.5. The van der Waals surface area contributed by atoms with E-state index in [2.05, 4.69) is 5.32 Å². The lowest BCUT2D eigenvalue weighted by atomic mass is 9.93. The number of para-hydroxylation sites is 1. The molecule has 1 aliphatic rings. The Bertz CT molecular complexity index is 413. The lowest BCUT2D eigenvalue weighted by Crippen LogP contribution is -2.40. The Labute approximate surface area is 107 Å². The van der Waals surface area contributed by atoms with Gasteiger partial charge in [0.05, 0.1) is 5.56 Å². The summed E-state index contributed by atoms with van der Waals surface area (Å²) in [5, 5.41) is 12.6. The van der Waals surface area contributed by atoms with Gasteiger partial charge in [-0.1, -0.05) is 12.1 Å². The van der Waals surface area contributed by atoms with E-state index in [1.807, 2.05) is 6.92 Å². The minimum Gasteiger partial charge on any atom is -0.507 e. The molecule has 1 aromatic carbocycles. The number of nitrogens with one attached hydrogen (secondary N) is 1. The number of carbonyl (C=O) groups excluding carboxylic acids is 1. The third-order valence-corrected chi connectivity index (χ3v) is 3.48. The summed E-state index contributed by atoms with van der Waals surface area (Å²) in [5.41, 5.74) is 0.330. The standard InChI is InChI=1S/C14H19NO3/c1-10(11-6-8-18-9-7-11)15-14(17)12-4-2-3-5-13(12)16/h2-5,10-11,16H,6-9H2,1H3,(H,15,17). The maximum absolute atomic E-state index is 12.0. The van der Waals surface area contributed by atoms with Crippen molar-refractivity contribution < 1.29 is 14.6 Å². The minimum atomic E-state index is -0.216. The van der Waals surface area contributed by atoms with Crippen LogP contribution in [0.25, 0.3) is 0 Å². The predicted octanol–water partition coefficient (Wildman–Crippen LogP) is 1.94. The monoisotopic (exact) mass is 249 g/mol. The van der Waals surface area contributed by atoms with Crippen LogP contribution < -0.4 is 5.32 Å². The Morgan fingerprint density at radius 1 is 1.39 bits per heavy atom. The topological polar surface area (TPSA) is 58.6 Å². The summed E-state index contributed by atoms with van der Waals surface area (Å²) in [6.07, 6.45) is 1.95. The zero-order valence-electron chi connectivity index (χ0n) is 10.6. The fraction of sp³-hybridized carbons (Fsp3) is 0.500. The molecule has 0 aromatic heterocycles. The van der Waals surface area contributed by atoms with E-state index in [0.717, 1.165) is 26.1 Å². The Hall–Kier alpha value is -1.55. The Balaban J connectivity index is 1.96. The zero-order chi connectivity index (χ0) is 13.0. The van der Waals surface area contributed by atoms with Crippen molar-refractivity contribution in [1.82, 2.24) is 5.32 Å². The third-order valence-electron chi connectivity index (χ3n) is 3.48. The number of aromatic hydroxyl groups is 1. The maximum Gasteiger partial charge on any atom is 0.255 e. The molecule has 2 rings (SSSR count). The van der Waals surface area contributed by atoms with Gasteiger partial charge in [-0.15, -0.1) is 0 Å². The molecule has 1 heterocycles. The molecule has 0 aliphatic carbocycles. The van der Waals surface area contributed by atoms with Crippen molar-refractivity contribution in [1.29, 1.82) is 0 Å². The summed E-state index contributed by atoms with van der Waals surface area (Å²) >= 11 is 0. The van der Waals surface area contributed by atoms with E-state index < -0.39 is 0 Å². The number of amides is 1. The van der Waals surface area contributed by atoms with Crippen LogP contribution in [0.15, 0.2) is 24.3 Å². The molecule has 98 valence electrons. The fourth-order valence-electron chi connectivity index (χ4n) is 2.28. The van der Waals surface area contributed by atoms with Crippen LogP contribution in [0.2, 0.25) is 0 Å². The van der Waals surface area contributed by atoms with E-state index >= 15 is 0 Å². The van der Waals surface area contributed by atoms with Crippen LogP contribution in [-0.2, 0) is 4.74 Å². The molecule has 1 saturated heterocycles. The van der Waals surface area contributed by atoms with Gasteiger partial charge in [-0.2, -0.15) is 0 Å². The quantitative estimate of drug-likeness (QED) is 0.860. The van der Waals surface area contributed by atoms with Crippen LogP contribution in [-0.4, -0.2) is 30.3 Å². The maximum atomic E-state index is 12.0. The molecule has 0 radical (unpaired) electrons. The van der Waals surface area contributed by atoms with Crippen molar-refractivity contribution >= 4 is 5.91 Å². The molecule has 0 spiro atoms. The molecular weight excluding hydrogens is 230 g/mol. The van der Waals surface area contributed by atoms with Crippen LogP contribution in [0.3, 0.4) is 0 Å². The zero-order valence-corrected chi connectivity index (χ0v) is 10.6. The van der Waals surface area contributed by atoms with Crippen LogP contribution in [0, 0.1) is 5.92 Å². The third kappa shape index (κ3) is 3.01. The number of hydrogen-bond acceptors (Lipinski definition) is 3. The second-order valence-electron chi connectivity index (χ2n) is 4.73. The van der Waals surface area contributed by atoms with E-state index in [4.69, 9.17) is 4.74 Å². The number of phenolic OH excluding ortho intramolecular Hbond substituents is 1. The minimum absolute atomic E-state index is 0.0224. The average molecular weight is 249 g/mol. The van der Waals surface area contributed by atoms with Gasteiger partial charge in [0.25, 0.3) is 5.91 Å². The molecule has 4 heteroatoms. The van der Waals surface area contributed by atoms with Gasteiger partial charge in [0.2, 0.25) is 0 Å². The van der Waals surface area contributed by atoms with E-state index in [-0.39, 0.29) is 17.7 Å². The van der Waals surface area contributed by atoms with Gasteiger partial charge < -0.3 is 15.2 Å². The van der Waals surface area contributed by atoms with Gasteiger partial charge in [0.15, 0.2) is 0 Å². The summed E-state index contributed by atoms with van der Waals surface area (Å²) in [7, 11) is 0. The largest absolute Gasteiger partial charge is 0.507 e. The molecular formula is C14H19NO3. The van der Waals surface area contributed by atoms with Gasteiger partial charge in [0.1, 0.15) is 5.75 Å². The first-order valence-corrected chi connectivity index (χ1v) is 6.35. The highest BCUT2D eigenvalue weighted by Crippen LogP contribution is 2.20. The fourth-order valence-corrected chi connectivity index (χ4v) is 2.28. The van der Waals surface area contributed by atoms with Crippen LogP contribution in [0.1, 0.15) is 30.1 Å². The smallest absolute Gasteiger partial charge is 0.255 e. The number of hydrogen-bond donors (Lipinski definition) is 2. The van der Waals surface area contributed by atoms with Crippen molar-refractivity contribution in [2.75, 3.05) is 13.2 Å². The molecule has 4 nitrogen and oxygen atoms in total. The summed E-state index contributed by atoms with van der Waals surface area (Å²) in [6.45, 7) is 3.54. The molecule has 0 saturated carbocycles. The number of rotatable bonds is 3. The van der Waals surface area contributed by atoms with Crippen LogP contribution in [0.4, 0.5) is 0 Å². The number of benzene rings is 1. The van der Waals surface area contributed by atoms with Gasteiger partial charge in [-0.3, -0.25) is 4.79 Å². The van der Waals surface area contributed by atoms with Crippen molar-refractivity contribution in [2.45, 2.75) is 25.8 Å². The summed E-state index contributed by atoms with van der Waals surface area (Å²) < 4.78 is 5.31. The highest BCUT2D eigenvalue weighted by Gasteiger charge is 2.22. The van der Waals surface area contributed by atoms with Crippen molar-refractivity contribution in [2.24, 2.45) is 5.92 Å². The number of phenols is 1. The molecule has 1 atom stereocenters. The van der Waals surface area contributed by atoms with Gasteiger partial charge in [0, 0.05) is 19.3 Å². The number of ether oxygens (including phenoxy) is 1. The Morgan fingerprint density at radius 3 is 2.72 bits per heavy atom. The molecule has 1 amide bonds. The molecule has 0 bridgehead atoms. The van der Waals surface area contributed by atoms with Crippen LogP contribution in [0.5, 0.6) is 5.75 Å². The number of carbonyl (C=O) groups is 1. The lowest BCUT2D eigenvalue weighted by molar-refractivity contribution is 0.0538. The van der Waals surface area contributed by atoms with Crippen LogP contribution >= 0.6 is 0 Å². The molecule has 1 fully saturated rings. The summed E-state index contributed by atoms with van der Waals surface area (Å²) in [5.74, 6) is 0.259. The second kappa shape index (κ2) is 5.87. The van der Waals surface area contributed by atoms with Gasteiger partial charge in [-0.25, -0.2) is 0 Å². The average Bonchev–Trinajstić information content (AvgIpc) is 2.40. The van der Waals surface area contributed by atoms with Crippen molar-refractivity contribution in [3.63, 3.8) is 0 Å². The van der Waals surface area contributed by atoms with E-state index in [0.29, 0.717) is 11.5 Å². The first-order valence-electron chi connectivity index (χ1n) is 6.35. The normalized spacial score (nSPS) is 18.3. The molecule has 1 aliphatic heterocycles. The molecule has 1 aromatic rings. The van der Waals surface area contributed by atoms with Gasteiger partial charge in [-0.05, 0) is 37.8 Å². The first kappa shape index (κ1) is 12.9. The summed E-state index contributed by atoms with van der Waals surface area (Å²) in [6, 6.07) is 6.69. The molecule has 2 N–H and O–H groups in total. The van der Waals surface area contributed by atoms with Crippen molar-refractivity contribution in [3.8, 4) is 5.75 Å². The molecule has 18 heavy (non-hydrogen) atoms. The summed E-state index contributed by atoms with van der Waals surface area (Å²) in [4.78, 5) is 12.0. The van der Waals surface area contributed by atoms with Gasteiger partial charge >= 0.3 is 0 Å². The SMILES string of the molecule is CC(NC(=O)c1ccccc1O)C1CCOCC1. The Morgan fingerprint density at radius 2 is 2.06 bits per heavy atom. The highest BCUT2D eigenvalue weighted by molar-refractivity contribution is 5.96. The van der Waals surface area contributed by atoms with Crippen molar-refractivity contribution in [3.05, 3.63) is 29.8 Å². The van der Waals surface area contributed by atoms with E-state index in [1.54, 1.807) is 18.2 Å². The lowest BCUT2D eigenvalue weighted by Gasteiger charge is -2.28. The van der Waals surface area contributed by atoms with E-state index in [1.165, 1.54) is 6.07 Å². The van der Waals surface area contributed by atoms with E-state index in [9.17, 15) is 9.90 Å². The predicted molar refractivity (Wildman–Crippen MR) is 68.6 cm³/mol. The first-order chi connectivity index (χ1) is 8.68. The molecule has 1 unspecified atom stereocenters. The Kier molecular flexibility index (Phi) is 4.20. The second-order valence-corrected chi connectivity index (χ2v) is 4.73.